The molecule has 0 aliphatic carbocycles. The van der Waals surface area contributed by atoms with Crippen LogP contribution in [0.3, 0.4) is 0 Å². The molecule has 0 aliphatic heterocycles. The van der Waals surface area contributed by atoms with E-state index in [0.717, 1.165) is 0 Å². The van der Waals surface area contributed by atoms with Gasteiger partial charge in [-0.05, 0) is 30.3 Å². The molecule has 0 fully saturated rings. The maximum absolute atomic E-state index is 11.9. The molecule has 0 unspecified atom stereocenters. The maximum atomic E-state index is 11.9. The lowest BCUT2D eigenvalue weighted by Gasteiger charge is -2.07. The van der Waals surface area contributed by atoms with Crippen molar-refractivity contribution in [2.45, 2.75) is 12.8 Å². The maximum Gasteiger partial charge on any atom is 0.240 e. The Hall–Kier alpha value is -1.79. The Morgan fingerprint density at radius 2 is 1.58 bits per heavy atom. The van der Waals surface area contributed by atoms with E-state index >= 15 is 0 Å². The summed E-state index contributed by atoms with van der Waals surface area (Å²) in [7, 11) is 0. The first-order chi connectivity index (χ1) is 12.4. The van der Waals surface area contributed by atoms with Gasteiger partial charge >= 0.3 is 0 Å². The van der Waals surface area contributed by atoms with Gasteiger partial charge in [-0.25, -0.2) is 5.43 Å². The molecule has 2 amide bonds. The highest BCUT2D eigenvalue weighted by atomic mass is 35.5. The Morgan fingerprint density at radius 1 is 0.923 bits per heavy atom. The van der Waals surface area contributed by atoms with Gasteiger partial charge in [-0.3, -0.25) is 9.59 Å². The fourth-order valence-corrected chi connectivity index (χ4v) is 2.84. The fourth-order valence-electron chi connectivity index (χ4n) is 1.89. The van der Waals surface area contributed by atoms with Gasteiger partial charge in [-0.15, -0.1) is 0 Å². The first-order valence-electron chi connectivity index (χ1n) is 7.37. The number of benzene rings is 2. The van der Waals surface area contributed by atoms with Crippen LogP contribution >= 0.6 is 46.4 Å². The summed E-state index contributed by atoms with van der Waals surface area (Å²) < 4.78 is 0. The van der Waals surface area contributed by atoms with E-state index in [9.17, 15) is 9.59 Å². The van der Waals surface area contributed by atoms with Gasteiger partial charge in [0.2, 0.25) is 11.8 Å². The zero-order valence-electron chi connectivity index (χ0n) is 13.2. The van der Waals surface area contributed by atoms with E-state index in [1.807, 2.05) is 0 Å². The molecular weight excluding hydrogens is 420 g/mol. The van der Waals surface area contributed by atoms with Gasteiger partial charge in [-0.2, -0.15) is 5.10 Å². The minimum atomic E-state index is -0.429. The highest BCUT2D eigenvalue weighted by molar-refractivity contribution is 6.38. The molecule has 2 rings (SSSR count). The average molecular weight is 433 g/mol. The number of halogens is 4. The highest BCUT2D eigenvalue weighted by Gasteiger charge is 2.09. The molecule has 0 spiro atoms. The van der Waals surface area contributed by atoms with Gasteiger partial charge in [0.1, 0.15) is 0 Å². The summed E-state index contributed by atoms with van der Waals surface area (Å²) in [6.45, 7) is 0. The van der Waals surface area contributed by atoms with Crippen LogP contribution in [0.4, 0.5) is 5.69 Å². The van der Waals surface area contributed by atoms with Crippen molar-refractivity contribution in [3.63, 3.8) is 0 Å². The minimum Gasteiger partial charge on any atom is -0.325 e. The second-order valence-corrected chi connectivity index (χ2v) is 6.76. The molecule has 136 valence electrons. The molecule has 2 aromatic rings. The molecule has 9 heteroatoms. The van der Waals surface area contributed by atoms with Crippen LogP contribution < -0.4 is 10.7 Å². The van der Waals surface area contributed by atoms with E-state index < -0.39 is 5.91 Å². The van der Waals surface area contributed by atoms with Crippen LogP contribution in [0.25, 0.3) is 0 Å². The number of hydrazone groups is 1. The smallest absolute Gasteiger partial charge is 0.240 e. The number of rotatable bonds is 6. The Morgan fingerprint density at radius 3 is 2.23 bits per heavy atom. The molecule has 0 aliphatic rings. The number of anilines is 1. The lowest BCUT2D eigenvalue weighted by molar-refractivity contribution is -0.124. The molecule has 2 N–H and O–H groups in total. The lowest BCUT2D eigenvalue weighted by atomic mass is 10.2. The topological polar surface area (TPSA) is 70.6 Å². The first kappa shape index (κ1) is 20.5. The van der Waals surface area contributed by atoms with Crippen LogP contribution in [0.5, 0.6) is 0 Å². The van der Waals surface area contributed by atoms with Crippen LogP contribution in [0.1, 0.15) is 18.4 Å². The lowest BCUT2D eigenvalue weighted by Crippen LogP contribution is -2.20. The Bertz CT molecular complexity index is 836. The predicted molar refractivity (Wildman–Crippen MR) is 107 cm³/mol. The molecule has 5 nitrogen and oxygen atoms in total. The van der Waals surface area contributed by atoms with Gasteiger partial charge in [0.05, 0.1) is 27.0 Å². The van der Waals surface area contributed by atoms with E-state index in [0.29, 0.717) is 31.3 Å². The third-order valence-corrected chi connectivity index (χ3v) is 4.37. The van der Waals surface area contributed by atoms with Crippen molar-refractivity contribution in [1.29, 1.82) is 0 Å². The number of nitrogens with zero attached hydrogens (tertiary/aromatic N) is 1. The van der Waals surface area contributed by atoms with Crippen LogP contribution in [0, 0.1) is 0 Å². The van der Waals surface area contributed by atoms with Gasteiger partial charge in [0.15, 0.2) is 0 Å². The standard InChI is InChI=1S/C17H13Cl4N3O2/c18-10-4-5-15(14(21)8-10)23-16(25)6-7-17(26)24-22-9-11-12(19)2-1-3-13(11)20/h1-5,8-9H,6-7H2,(H,23,25)(H,24,26). The van der Waals surface area contributed by atoms with Gasteiger partial charge in [-0.1, -0.05) is 52.5 Å². The average Bonchev–Trinajstić information content (AvgIpc) is 2.58. The molecule has 2 aromatic carbocycles. The summed E-state index contributed by atoms with van der Waals surface area (Å²) in [4.78, 5) is 23.6. The summed E-state index contributed by atoms with van der Waals surface area (Å²) in [5.74, 6) is -0.788. The SMILES string of the molecule is O=C(CCC(=O)Nc1ccc(Cl)cc1Cl)NN=Cc1c(Cl)cccc1Cl. The normalized spacial score (nSPS) is 10.8. The Balaban J connectivity index is 1.81. The van der Waals surface area contributed by atoms with E-state index in [1.165, 1.54) is 12.3 Å². The second kappa shape index (κ2) is 9.78. The summed E-state index contributed by atoms with van der Waals surface area (Å²) >= 11 is 23.7. The number of amides is 2. The van der Waals surface area contributed by atoms with Crippen LogP contribution in [-0.4, -0.2) is 18.0 Å². The van der Waals surface area contributed by atoms with Crippen LogP contribution in [-0.2, 0) is 9.59 Å². The summed E-state index contributed by atoms with van der Waals surface area (Å²) in [6, 6.07) is 9.71. The highest BCUT2D eigenvalue weighted by Crippen LogP contribution is 2.25. The van der Waals surface area contributed by atoms with E-state index in [4.69, 9.17) is 46.4 Å². The molecule has 26 heavy (non-hydrogen) atoms. The van der Waals surface area contributed by atoms with Crippen LogP contribution in [0.2, 0.25) is 20.1 Å². The molecule has 0 atom stereocenters. The second-order valence-electron chi connectivity index (χ2n) is 5.10. The summed E-state index contributed by atoms with van der Waals surface area (Å²) in [6.07, 6.45) is 1.26. The van der Waals surface area contributed by atoms with Crippen molar-refractivity contribution in [2.24, 2.45) is 5.10 Å². The molecule has 0 radical (unpaired) electrons. The number of hydrogen-bond donors (Lipinski definition) is 2. The summed E-state index contributed by atoms with van der Waals surface area (Å²) in [5.41, 5.74) is 3.23. The van der Waals surface area contributed by atoms with Crippen molar-refractivity contribution in [3.8, 4) is 0 Å². The zero-order valence-corrected chi connectivity index (χ0v) is 16.3. The Labute approximate surface area is 170 Å². The molecule has 0 heterocycles. The predicted octanol–water partition coefficient (Wildman–Crippen LogP) is 5.17. The molecular formula is C17H13Cl4N3O2. The van der Waals surface area contributed by atoms with Crippen molar-refractivity contribution in [2.75, 3.05) is 5.32 Å². The quantitative estimate of drug-likeness (QED) is 0.488. The fraction of sp³-hybridized carbons (Fsp3) is 0.118. The van der Waals surface area contributed by atoms with Crippen molar-refractivity contribution in [3.05, 3.63) is 62.1 Å². The minimum absolute atomic E-state index is 0.0346. The molecule has 0 bridgehead atoms. The summed E-state index contributed by atoms with van der Waals surface area (Å²) in [5, 5.41) is 8.00. The Kier molecular flexibility index (Phi) is 7.72. The third kappa shape index (κ3) is 6.18. The molecule has 0 aromatic heterocycles. The monoisotopic (exact) mass is 431 g/mol. The number of nitrogens with one attached hydrogen (secondary N) is 2. The number of hydrogen-bond acceptors (Lipinski definition) is 3. The number of carbonyl (C=O) groups is 2. The van der Waals surface area contributed by atoms with Gasteiger partial charge in [0, 0.05) is 23.4 Å². The number of carbonyl (C=O) groups excluding carboxylic acids is 2. The van der Waals surface area contributed by atoms with E-state index in [1.54, 1.807) is 30.3 Å². The van der Waals surface area contributed by atoms with Crippen molar-refractivity contribution >= 4 is 70.1 Å². The van der Waals surface area contributed by atoms with E-state index in [-0.39, 0.29) is 18.7 Å². The van der Waals surface area contributed by atoms with Crippen LogP contribution in [0.15, 0.2) is 41.5 Å². The van der Waals surface area contributed by atoms with Crippen molar-refractivity contribution in [1.82, 2.24) is 5.43 Å². The molecule has 0 saturated heterocycles. The van der Waals surface area contributed by atoms with Gasteiger partial charge in [0.25, 0.3) is 0 Å². The van der Waals surface area contributed by atoms with Gasteiger partial charge < -0.3 is 5.32 Å². The van der Waals surface area contributed by atoms with Crippen molar-refractivity contribution < 1.29 is 9.59 Å². The molecule has 0 saturated carbocycles. The largest absolute Gasteiger partial charge is 0.325 e. The van der Waals surface area contributed by atoms with E-state index in [2.05, 4.69) is 15.8 Å². The third-order valence-electron chi connectivity index (χ3n) is 3.17. The zero-order chi connectivity index (χ0) is 19.1. The first-order valence-corrected chi connectivity index (χ1v) is 8.89.